The molecule has 2 atom stereocenters. The van der Waals surface area contributed by atoms with Gasteiger partial charge in [-0.2, -0.15) is 0 Å². The predicted molar refractivity (Wildman–Crippen MR) is 52.8 cm³/mol. The second kappa shape index (κ2) is 5.74. The molecule has 5 heteroatoms. The monoisotopic (exact) mass is 199 g/mol. The minimum absolute atomic E-state index is 0.204. The van der Waals surface area contributed by atoms with Gasteiger partial charge in [-0.05, 0) is 6.92 Å². The fraction of sp³-hybridized carbons (Fsp3) is 0.667. The van der Waals surface area contributed by atoms with Crippen molar-refractivity contribution in [3.05, 3.63) is 18.7 Å². The number of nitrogens with zero attached hydrogens (tertiary/aromatic N) is 2. The Morgan fingerprint density at radius 2 is 2.36 bits per heavy atom. The zero-order valence-electron chi connectivity index (χ0n) is 8.30. The summed E-state index contributed by atoms with van der Waals surface area (Å²) >= 11 is 0. The van der Waals surface area contributed by atoms with Crippen LogP contribution in [0.25, 0.3) is 0 Å². The van der Waals surface area contributed by atoms with Crippen LogP contribution < -0.4 is 5.32 Å². The molecule has 0 aliphatic heterocycles. The smallest absolute Gasteiger partial charge is 0.0946 e. The topological polar surface area (TPSA) is 70.3 Å². The largest absolute Gasteiger partial charge is 0.394 e. The van der Waals surface area contributed by atoms with Gasteiger partial charge in [-0.3, -0.25) is 0 Å². The van der Waals surface area contributed by atoms with E-state index in [-0.39, 0.29) is 12.6 Å². The number of hydrogen-bond donors (Lipinski definition) is 3. The molecule has 0 aromatic carbocycles. The van der Waals surface area contributed by atoms with Crippen molar-refractivity contribution in [3.63, 3.8) is 0 Å². The molecule has 14 heavy (non-hydrogen) atoms. The summed E-state index contributed by atoms with van der Waals surface area (Å²) in [6.45, 7) is 3.03. The van der Waals surface area contributed by atoms with E-state index >= 15 is 0 Å². The molecule has 5 nitrogen and oxygen atoms in total. The molecule has 0 bridgehead atoms. The number of aliphatic hydroxyl groups is 2. The van der Waals surface area contributed by atoms with Crippen LogP contribution in [0.4, 0.5) is 0 Å². The second-order valence-electron chi connectivity index (χ2n) is 3.41. The lowest BCUT2D eigenvalue weighted by Crippen LogP contribution is -2.37. The second-order valence-corrected chi connectivity index (χ2v) is 3.41. The summed E-state index contributed by atoms with van der Waals surface area (Å²) in [4.78, 5) is 3.93. The van der Waals surface area contributed by atoms with Gasteiger partial charge in [0.2, 0.25) is 0 Å². The third-order valence-electron chi connectivity index (χ3n) is 1.96. The molecule has 1 unspecified atom stereocenters. The van der Waals surface area contributed by atoms with Crippen LogP contribution in [-0.4, -0.2) is 45.1 Å². The lowest BCUT2D eigenvalue weighted by Gasteiger charge is -2.16. The molecule has 0 amide bonds. The Morgan fingerprint density at radius 3 is 2.93 bits per heavy atom. The van der Waals surface area contributed by atoms with Crippen LogP contribution >= 0.6 is 0 Å². The number of rotatable bonds is 6. The van der Waals surface area contributed by atoms with Crippen LogP contribution in [0.15, 0.2) is 18.7 Å². The fourth-order valence-electron chi connectivity index (χ4n) is 1.18. The molecule has 1 aromatic heterocycles. The Hall–Kier alpha value is -0.910. The van der Waals surface area contributed by atoms with Crippen molar-refractivity contribution < 1.29 is 10.2 Å². The lowest BCUT2D eigenvalue weighted by molar-refractivity contribution is 0.0918. The van der Waals surface area contributed by atoms with E-state index in [1.807, 2.05) is 17.7 Å². The van der Waals surface area contributed by atoms with Gasteiger partial charge in [0.15, 0.2) is 0 Å². The Kier molecular flexibility index (Phi) is 4.58. The Bertz CT molecular complexity index is 238. The van der Waals surface area contributed by atoms with Gasteiger partial charge in [-0.1, -0.05) is 0 Å². The first-order valence-corrected chi connectivity index (χ1v) is 4.70. The van der Waals surface area contributed by atoms with Crippen molar-refractivity contribution in [1.29, 1.82) is 0 Å². The van der Waals surface area contributed by atoms with Gasteiger partial charge in [0.1, 0.15) is 0 Å². The summed E-state index contributed by atoms with van der Waals surface area (Å²) in [6, 6.07) is 0.241. The summed E-state index contributed by atoms with van der Waals surface area (Å²) in [6.07, 6.45) is 4.69. The van der Waals surface area contributed by atoms with Crippen molar-refractivity contribution in [3.8, 4) is 0 Å². The predicted octanol–water partition coefficient (Wildman–Crippen LogP) is -0.786. The van der Waals surface area contributed by atoms with E-state index < -0.39 is 6.10 Å². The molecule has 3 N–H and O–H groups in total. The molecule has 0 saturated heterocycles. The first-order chi connectivity index (χ1) is 6.72. The van der Waals surface area contributed by atoms with Gasteiger partial charge in [0.25, 0.3) is 0 Å². The zero-order chi connectivity index (χ0) is 10.4. The number of hydrogen-bond acceptors (Lipinski definition) is 4. The molecule has 0 spiro atoms. The number of imidazole rings is 1. The van der Waals surface area contributed by atoms with E-state index in [0.717, 1.165) is 6.54 Å². The minimum Gasteiger partial charge on any atom is -0.394 e. The molecule has 1 heterocycles. The van der Waals surface area contributed by atoms with E-state index in [0.29, 0.717) is 6.54 Å². The maximum absolute atomic E-state index is 9.10. The van der Waals surface area contributed by atoms with Gasteiger partial charge in [0.05, 0.1) is 19.0 Å². The van der Waals surface area contributed by atoms with Gasteiger partial charge < -0.3 is 20.1 Å². The van der Waals surface area contributed by atoms with Crippen molar-refractivity contribution in [2.75, 3.05) is 13.2 Å². The first-order valence-electron chi connectivity index (χ1n) is 4.70. The summed E-state index contributed by atoms with van der Waals surface area (Å²) in [5, 5.41) is 20.8. The van der Waals surface area contributed by atoms with E-state index in [1.54, 1.807) is 12.5 Å². The normalized spacial score (nSPS) is 15.4. The number of nitrogens with one attached hydrogen (secondary N) is 1. The zero-order valence-corrected chi connectivity index (χ0v) is 8.30. The molecule has 0 fully saturated rings. The molecule has 0 saturated carbocycles. The van der Waals surface area contributed by atoms with Crippen LogP contribution in [0.1, 0.15) is 6.92 Å². The fourth-order valence-corrected chi connectivity index (χ4v) is 1.18. The summed E-state index contributed by atoms with van der Waals surface area (Å²) < 4.78 is 1.96. The van der Waals surface area contributed by atoms with Gasteiger partial charge >= 0.3 is 0 Å². The third kappa shape index (κ3) is 3.87. The van der Waals surface area contributed by atoms with Crippen LogP contribution in [0, 0.1) is 0 Å². The highest BCUT2D eigenvalue weighted by Gasteiger charge is 2.05. The third-order valence-corrected chi connectivity index (χ3v) is 1.96. The molecule has 0 aliphatic carbocycles. The van der Waals surface area contributed by atoms with Crippen LogP contribution in [0.2, 0.25) is 0 Å². The maximum Gasteiger partial charge on any atom is 0.0946 e. The number of aromatic nitrogens is 2. The van der Waals surface area contributed by atoms with E-state index in [4.69, 9.17) is 10.2 Å². The lowest BCUT2D eigenvalue weighted by atomic mass is 10.3. The highest BCUT2D eigenvalue weighted by Crippen LogP contribution is 1.91. The maximum atomic E-state index is 9.10. The summed E-state index contributed by atoms with van der Waals surface area (Å²) in [7, 11) is 0. The van der Waals surface area contributed by atoms with Gasteiger partial charge in [-0.15, -0.1) is 0 Å². The molecule has 1 aromatic rings. The Balaban J connectivity index is 2.19. The first kappa shape index (κ1) is 11.2. The van der Waals surface area contributed by atoms with Crippen molar-refractivity contribution >= 4 is 0 Å². The molecule has 0 radical (unpaired) electrons. The van der Waals surface area contributed by atoms with Gasteiger partial charge in [0, 0.05) is 31.5 Å². The average molecular weight is 199 g/mol. The van der Waals surface area contributed by atoms with E-state index in [1.165, 1.54) is 0 Å². The highest BCUT2D eigenvalue weighted by molar-refractivity contribution is 4.76. The van der Waals surface area contributed by atoms with Crippen molar-refractivity contribution in [2.24, 2.45) is 0 Å². The Labute approximate surface area is 83.4 Å². The molecular weight excluding hydrogens is 182 g/mol. The number of aliphatic hydroxyl groups excluding tert-OH is 2. The van der Waals surface area contributed by atoms with Crippen LogP contribution in [0.3, 0.4) is 0 Å². The molecule has 1 rings (SSSR count). The van der Waals surface area contributed by atoms with Crippen LogP contribution in [0.5, 0.6) is 0 Å². The molecule has 0 aliphatic rings. The summed E-state index contributed by atoms with van der Waals surface area (Å²) in [5.41, 5.74) is 0. The van der Waals surface area contributed by atoms with E-state index in [2.05, 4.69) is 10.3 Å². The SMILES string of the molecule is CC(Cn1ccnc1)NC[C@H](O)CO. The molecular formula is C9H17N3O2. The molecule has 80 valence electrons. The average Bonchev–Trinajstić information content (AvgIpc) is 2.66. The van der Waals surface area contributed by atoms with Crippen LogP contribution in [-0.2, 0) is 6.54 Å². The summed E-state index contributed by atoms with van der Waals surface area (Å²) in [5.74, 6) is 0. The van der Waals surface area contributed by atoms with Gasteiger partial charge in [-0.25, -0.2) is 4.98 Å². The van der Waals surface area contributed by atoms with E-state index in [9.17, 15) is 0 Å². The quantitative estimate of drug-likeness (QED) is 0.562. The van der Waals surface area contributed by atoms with Crippen molar-refractivity contribution in [1.82, 2.24) is 14.9 Å². The highest BCUT2D eigenvalue weighted by atomic mass is 16.3. The Morgan fingerprint density at radius 1 is 1.57 bits per heavy atom. The standard InChI is InChI=1S/C9H17N3O2/c1-8(11-4-9(14)6-13)5-12-3-2-10-7-12/h2-3,7-9,11,13-14H,4-6H2,1H3/t8?,9-/m0/s1. The minimum atomic E-state index is -0.680. The van der Waals surface area contributed by atoms with Crippen molar-refractivity contribution in [2.45, 2.75) is 25.6 Å².